The molecule has 3 rings (SSSR count). The minimum absolute atomic E-state index is 0.429. The van der Waals surface area contributed by atoms with Crippen molar-refractivity contribution in [1.29, 1.82) is 0 Å². The van der Waals surface area contributed by atoms with E-state index >= 15 is 0 Å². The van der Waals surface area contributed by atoms with Crippen LogP contribution in [-0.2, 0) is 17.8 Å². The molecule has 8 heteroatoms. The minimum atomic E-state index is -2.81. The van der Waals surface area contributed by atoms with E-state index in [0.29, 0.717) is 5.69 Å². The molecule has 1 aliphatic heterocycles. The van der Waals surface area contributed by atoms with Crippen molar-refractivity contribution in [3.63, 3.8) is 0 Å². The lowest BCUT2D eigenvalue weighted by atomic mass is 10.1. The van der Waals surface area contributed by atoms with E-state index in [4.69, 9.17) is 0 Å². The first kappa shape index (κ1) is 17.0. The van der Waals surface area contributed by atoms with E-state index in [2.05, 4.69) is 31.7 Å². The van der Waals surface area contributed by atoms with Crippen LogP contribution in [0.1, 0.15) is 12.0 Å². The van der Waals surface area contributed by atoms with Gasteiger partial charge in [0, 0.05) is 24.8 Å². The van der Waals surface area contributed by atoms with Crippen molar-refractivity contribution in [2.75, 3.05) is 11.9 Å². The highest BCUT2D eigenvalue weighted by Gasteiger charge is 2.42. The number of rotatable bonds is 5. The zero-order valence-corrected chi connectivity index (χ0v) is 14.4. The van der Waals surface area contributed by atoms with Gasteiger partial charge in [0.05, 0.1) is 23.3 Å². The number of carbonyl (C=O) groups excluding carboxylic acids is 1. The van der Waals surface area contributed by atoms with Crippen LogP contribution in [0.2, 0.25) is 0 Å². The van der Waals surface area contributed by atoms with Crippen molar-refractivity contribution in [1.82, 2.24) is 15.1 Å². The van der Waals surface area contributed by atoms with Crippen LogP contribution < -0.4 is 10.6 Å². The van der Waals surface area contributed by atoms with Crippen molar-refractivity contribution in [2.24, 2.45) is 0 Å². The molecule has 128 valence electrons. The van der Waals surface area contributed by atoms with Gasteiger partial charge in [-0.15, -0.1) is 0 Å². The third kappa shape index (κ3) is 4.39. The van der Waals surface area contributed by atoms with Crippen molar-refractivity contribution < 1.29 is 13.6 Å². The summed E-state index contributed by atoms with van der Waals surface area (Å²) >= 11 is 3.35. The lowest BCUT2D eigenvalue weighted by Gasteiger charge is -2.11. The molecule has 0 aliphatic carbocycles. The fraction of sp³-hybridized carbons (Fsp3) is 0.375. The monoisotopic (exact) mass is 398 g/mol. The summed E-state index contributed by atoms with van der Waals surface area (Å²) < 4.78 is 29.0. The molecule has 1 saturated heterocycles. The van der Waals surface area contributed by atoms with Crippen LogP contribution in [0, 0.1) is 0 Å². The van der Waals surface area contributed by atoms with Crippen LogP contribution >= 0.6 is 15.9 Å². The lowest BCUT2D eigenvalue weighted by molar-refractivity contribution is -0.118. The van der Waals surface area contributed by atoms with Crippen molar-refractivity contribution in [3.8, 4) is 0 Å². The molecule has 2 heterocycles. The molecule has 24 heavy (non-hydrogen) atoms. The summed E-state index contributed by atoms with van der Waals surface area (Å²) in [7, 11) is 0. The second kappa shape index (κ2) is 6.98. The average Bonchev–Trinajstić information content (AvgIpc) is 3.12. The van der Waals surface area contributed by atoms with Gasteiger partial charge in [0.25, 0.3) is 5.92 Å². The molecule has 2 N–H and O–H groups in total. The second-order valence-corrected chi connectivity index (χ2v) is 6.77. The Bertz CT molecular complexity index is 717. The topological polar surface area (TPSA) is 59.0 Å². The first-order chi connectivity index (χ1) is 11.4. The highest BCUT2D eigenvalue weighted by molar-refractivity contribution is 9.10. The molecule has 5 nitrogen and oxygen atoms in total. The fourth-order valence-corrected chi connectivity index (χ4v) is 2.92. The predicted molar refractivity (Wildman–Crippen MR) is 90.1 cm³/mol. The van der Waals surface area contributed by atoms with Gasteiger partial charge >= 0.3 is 0 Å². The third-order valence-electron chi connectivity index (χ3n) is 3.88. The number of anilines is 1. The molecule has 2 aromatic rings. The van der Waals surface area contributed by atoms with Crippen molar-refractivity contribution in [3.05, 3.63) is 46.7 Å². The Kier molecular flexibility index (Phi) is 4.96. The first-order valence-corrected chi connectivity index (χ1v) is 8.40. The lowest BCUT2D eigenvalue weighted by Crippen LogP contribution is -2.35. The molecule has 1 unspecified atom stereocenters. The summed E-state index contributed by atoms with van der Waals surface area (Å²) in [5, 5.41) is 9.40. The van der Waals surface area contributed by atoms with Gasteiger partial charge in [-0.1, -0.05) is 12.1 Å². The highest BCUT2D eigenvalue weighted by atomic mass is 79.9. The quantitative estimate of drug-likeness (QED) is 0.813. The summed E-state index contributed by atoms with van der Waals surface area (Å²) in [5.74, 6) is -3.24. The largest absolute Gasteiger partial charge is 0.325 e. The number of nitrogens with one attached hydrogen (secondary N) is 2. The molecule has 0 radical (unpaired) electrons. The van der Waals surface area contributed by atoms with Crippen LogP contribution in [0.4, 0.5) is 14.5 Å². The Hall–Kier alpha value is -1.80. The van der Waals surface area contributed by atoms with Gasteiger partial charge in [-0.25, -0.2) is 8.78 Å². The summed E-state index contributed by atoms with van der Waals surface area (Å²) in [6.07, 6.45) is 3.98. The van der Waals surface area contributed by atoms with E-state index < -0.39 is 30.8 Å². The number of halogens is 3. The number of aromatic nitrogens is 2. The van der Waals surface area contributed by atoms with E-state index in [0.717, 1.165) is 23.0 Å². The molecule has 1 aromatic heterocycles. The molecule has 1 atom stereocenters. The van der Waals surface area contributed by atoms with Crippen LogP contribution in [-0.4, -0.2) is 34.2 Å². The number of alkyl halides is 2. The minimum Gasteiger partial charge on any atom is -0.325 e. The highest BCUT2D eigenvalue weighted by Crippen LogP contribution is 2.25. The van der Waals surface area contributed by atoms with Gasteiger partial charge < -0.3 is 5.32 Å². The maximum absolute atomic E-state index is 13.1. The first-order valence-electron chi connectivity index (χ1n) is 7.60. The van der Waals surface area contributed by atoms with E-state index in [-0.39, 0.29) is 0 Å². The zero-order chi connectivity index (χ0) is 17.2. The maximum Gasteiger partial charge on any atom is 0.262 e. The third-order valence-corrected chi connectivity index (χ3v) is 4.29. The Labute approximate surface area is 146 Å². The number of amides is 1. The number of hydrogen-bond donors (Lipinski definition) is 2. The Morgan fingerprint density at radius 1 is 1.42 bits per heavy atom. The van der Waals surface area contributed by atoms with Gasteiger partial charge in [0.15, 0.2) is 0 Å². The van der Waals surface area contributed by atoms with Crippen molar-refractivity contribution in [2.45, 2.75) is 31.4 Å². The molecule has 1 fully saturated rings. The Morgan fingerprint density at radius 2 is 2.17 bits per heavy atom. The predicted octanol–water partition coefficient (Wildman–Crippen LogP) is 2.82. The fourth-order valence-electron chi connectivity index (χ4n) is 2.59. The van der Waals surface area contributed by atoms with Gasteiger partial charge in [-0.3, -0.25) is 14.8 Å². The van der Waals surface area contributed by atoms with E-state index in [9.17, 15) is 13.6 Å². The van der Waals surface area contributed by atoms with Gasteiger partial charge in [-0.05, 0) is 40.0 Å². The van der Waals surface area contributed by atoms with E-state index in [1.807, 2.05) is 23.0 Å². The zero-order valence-electron chi connectivity index (χ0n) is 12.8. The maximum atomic E-state index is 13.1. The normalized spacial score (nSPS) is 19.4. The number of nitrogens with zero attached hydrogens (tertiary/aromatic N) is 2. The molecule has 1 aliphatic rings. The Balaban J connectivity index is 1.52. The van der Waals surface area contributed by atoms with E-state index in [1.54, 1.807) is 18.3 Å². The summed E-state index contributed by atoms with van der Waals surface area (Å²) in [6, 6.07) is 6.52. The summed E-state index contributed by atoms with van der Waals surface area (Å²) in [5.41, 5.74) is 1.70. The van der Waals surface area contributed by atoms with Crippen LogP contribution in [0.15, 0.2) is 41.1 Å². The summed E-state index contributed by atoms with van der Waals surface area (Å²) in [6.45, 7) is 0.298. The molecule has 1 aromatic carbocycles. The van der Waals surface area contributed by atoms with Gasteiger partial charge in [-0.2, -0.15) is 5.10 Å². The number of aryl methyl sites for hydroxylation is 2. The number of carbonyl (C=O) groups is 1. The average molecular weight is 399 g/mol. The second-order valence-electron chi connectivity index (χ2n) is 5.85. The molecule has 0 saturated carbocycles. The molecule has 1 amide bonds. The van der Waals surface area contributed by atoms with Crippen molar-refractivity contribution >= 4 is 27.5 Å². The molecular weight excluding hydrogens is 382 g/mol. The van der Waals surface area contributed by atoms with Crippen LogP contribution in [0.5, 0.6) is 0 Å². The molecule has 0 spiro atoms. The van der Waals surface area contributed by atoms with Gasteiger partial charge in [0.1, 0.15) is 0 Å². The SMILES string of the molecule is O=C(Nc1ccc(CCn2cc(Br)cn2)cc1)C1CC(F)(F)CN1. The number of benzene rings is 1. The molecular formula is C16H17BrF2N4O. The number of hydrogen-bond acceptors (Lipinski definition) is 3. The van der Waals surface area contributed by atoms with Gasteiger partial charge in [0.2, 0.25) is 5.91 Å². The standard InChI is InChI=1S/C16H17BrF2N4O/c17-12-8-21-23(9-12)6-5-11-1-3-13(4-2-11)22-15(24)14-7-16(18,19)10-20-14/h1-4,8-9,14,20H,5-7,10H2,(H,22,24). The van der Waals surface area contributed by atoms with Crippen LogP contribution in [0.3, 0.4) is 0 Å². The van der Waals surface area contributed by atoms with E-state index in [1.165, 1.54) is 0 Å². The molecule has 0 bridgehead atoms. The Morgan fingerprint density at radius 3 is 2.75 bits per heavy atom. The summed E-state index contributed by atoms with van der Waals surface area (Å²) in [4.78, 5) is 12.0. The van der Waals surface area contributed by atoms with Crippen LogP contribution in [0.25, 0.3) is 0 Å². The smallest absolute Gasteiger partial charge is 0.262 e.